The van der Waals surface area contributed by atoms with E-state index in [4.69, 9.17) is 10.00 Å². The lowest BCUT2D eigenvalue weighted by atomic mass is 10.1. The fraction of sp³-hybridized carbons (Fsp3) is 0.375. The minimum Gasteiger partial charge on any atom is -0.501 e. The lowest BCUT2D eigenvalue weighted by Gasteiger charge is -2.07. The highest BCUT2D eigenvalue weighted by Crippen LogP contribution is 2.17. The molecule has 0 heterocycles. The second kappa shape index (κ2) is 3.07. The Morgan fingerprint density at radius 2 is 2.30 bits per heavy atom. The second-order valence-electron chi connectivity index (χ2n) is 2.14. The van der Waals surface area contributed by atoms with Crippen molar-refractivity contribution in [3.8, 4) is 6.07 Å². The first kappa shape index (κ1) is 6.88. The zero-order valence-electron chi connectivity index (χ0n) is 5.92. The van der Waals surface area contributed by atoms with Crippen LogP contribution in [0.3, 0.4) is 0 Å². The Morgan fingerprint density at radius 1 is 1.50 bits per heavy atom. The van der Waals surface area contributed by atoms with Crippen molar-refractivity contribution in [3.63, 3.8) is 0 Å². The van der Waals surface area contributed by atoms with Gasteiger partial charge in [0.1, 0.15) is 0 Å². The summed E-state index contributed by atoms with van der Waals surface area (Å²) in [6, 6.07) is 2.11. The molecular weight excluding hydrogens is 126 g/mol. The first-order valence-corrected chi connectivity index (χ1v) is 3.20. The summed E-state index contributed by atoms with van der Waals surface area (Å²) in [5, 5.41) is 8.46. The van der Waals surface area contributed by atoms with E-state index in [0.29, 0.717) is 0 Å². The Hall–Kier alpha value is -1.23. The fourth-order valence-electron chi connectivity index (χ4n) is 0.881. The van der Waals surface area contributed by atoms with Crippen molar-refractivity contribution in [2.24, 2.45) is 0 Å². The number of ether oxygens (including phenoxy) is 1. The van der Waals surface area contributed by atoms with Gasteiger partial charge in [-0.1, -0.05) is 0 Å². The van der Waals surface area contributed by atoms with Crippen LogP contribution in [0.4, 0.5) is 0 Å². The molecular formula is C8H9NO. The maximum absolute atomic E-state index is 8.46. The van der Waals surface area contributed by atoms with E-state index < -0.39 is 0 Å². The molecule has 2 nitrogen and oxygen atoms in total. The van der Waals surface area contributed by atoms with Gasteiger partial charge in [0.05, 0.1) is 18.9 Å². The van der Waals surface area contributed by atoms with Crippen LogP contribution in [0.15, 0.2) is 23.5 Å². The largest absolute Gasteiger partial charge is 0.501 e. The van der Waals surface area contributed by atoms with Gasteiger partial charge in [-0.3, -0.25) is 0 Å². The highest BCUT2D eigenvalue weighted by atomic mass is 16.5. The normalized spacial score (nSPS) is 16.8. The number of methoxy groups -OCH3 is 1. The summed E-state index contributed by atoms with van der Waals surface area (Å²) < 4.78 is 4.99. The third-order valence-corrected chi connectivity index (χ3v) is 1.52. The predicted molar refractivity (Wildman–Crippen MR) is 38.0 cm³/mol. The molecule has 0 radical (unpaired) electrons. The number of hydrogen-bond donors (Lipinski definition) is 0. The molecule has 0 unspecified atom stereocenters. The lowest BCUT2D eigenvalue weighted by molar-refractivity contribution is 0.276. The van der Waals surface area contributed by atoms with Crippen LogP contribution in [0.5, 0.6) is 0 Å². The van der Waals surface area contributed by atoms with Gasteiger partial charge in [0.2, 0.25) is 0 Å². The van der Waals surface area contributed by atoms with Crippen LogP contribution in [0.1, 0.15) is 12.8 Å². The number of nitrogens with zero attached hydrogens (tertiary/aromatic N) is 1. The van der Waals surface area contributed by atoms with Gasteiger partial charge >= 0.3 is 0 Å². The third-order valence-electron chi connectivity index (χ3n) is 1.52. The number of hydrogen-bond acceptors (Lipinski definition) is 2. The van der Waals surface area contributed by atoms with E-state index in [1.807, 2.05) is 12.2 Å². The minimum absolute atomic E-state index is 0.816. The van der Waals surface area contributed by atoms with Gasteiger partial charge in [-0.25, -0.2) is 0 Å². The lowest BCUT2D eigenvalue weighted by Crippen LogP contribution is -1.93. The smallest absolute Gasteiger partial charge is 0.0959 e. The molecule has 0 aromatic rings. The summed E-state index contributed by atoms with van der Waals surface area (Å²) in [6.07, 6.45) is 5.33. The minimum atomic E-state index is 0.816. The van der Waals surface area contributed by atoms with E-state index in [1.54, 1.807) is 7.11 Å². The molecule has 1 rings (SSSR count). The molecule has 0 spiro atoms. The Kier molecular flexibility index (Phi) is 2.11. The van der Waals surface area contributed by atoms with Crippen molar-refractivity contribution in [2.75, 3.05) is 7.11 Å². The van der Waals surface area contributed by atoms with Crippen LogP contribution in [0, 0.1) is 11.3 Å². The summed E-state index contributed by atoms with van der Waals surface area (Å²) in [4.78, 5) is 0. The van der Waals surface area contributed by atoms with Gasteiger partial charge in [-0.15, -0.1) is 0 Å². The van der Waals surface area contributed by atoms with Crippen LogP contribution in [0.2, 0.25) is 0 Å². The monoisotopic (exact) mass is 135 g/mol. The number of rotatable bonds is 1. The van der Waals surface area contributed by atoms with Crippen LogP contribution in [-0.2, 0) is 4.74 Å². The molecule has 0 saturated carbocycles. The zero-order valence-corrected chi connectivity index (χ0v) is 5.92. The quantitative estimate of drug-likeness (QED) is 0.548. The average molecular weight is 135 g/mol. The third kappa shape index (κ3) is 1.38. The second-order valence-corrected chi connectivity index (χ2v) is 2.14. The molecule has 0 aliphatic heterocycles. The first-order chi connectivity index (χ1) is 4.86. The molecule has 1 aliphatic rings. The SMILES string of the molecule is COC1=CC=C(C#N)CC1. The van der Waals surface area contributed by atoms with Crippen LogP contribution < -0.4 is 0 Å². The molecule has 0 N–H and O–H groups in total. The Labute approximate surface area is 60.4 Å². The van der Waals surface area contributed by atoms with Crippen molar-refractivity contribution in [1.29, 1.82) is 5.26 Å². The van der Waals surface area contributed by atoms with Gasteiger partial charge in [0, 0.05) is 12.0 Å². The molecule has 0 fully saturated rings. The van der Waals surface area contributed by atoms with Crippen molar-refractivity contribution < 1.29 is 4.74 Å². The van der Waals surface area contributed by atoms with Crippen LogP contribution in [0.25, 0.3) is 0 Å². The van der Waals surface area contributed by atoms with Crippen LogP contribution >= 0.6 is 0 Å². The van der Waals surface area contributed by atoms with E-state index in [9.17, 15) is 0 Å². The highest BCUT2D eigenvalue weighted by molar-refractivity contribution is 5.30. The van der Waals surface area contributed by atoms with E-state index in [1.165, 1.54) is 0 Å². The maximum atomic E-state index is 8.46. The molecule has 0 atom stereocenters. The predicted octanol–water partition coefficient (Wildman–Crippen LogP) is 1.76. The Balaban J connectivity index is 2.67. The summed E-state index contributed by atoms with van der Waals surface area (Å²) in [5.74, 6) is 0.957. The standard InChI is InChI=1S/C8H9NO/c1-10-8-4-2-7(6-9)3-5-8/h2,4H,3,5H2,1H3. The van der Waals surface area contributed by atoms with Gasteiger partial charge in [0.15, 0.2) is 0 Å². The van der Waals surface area contributed by atoms with Gasteiger partial charge in [-0.2, -0.15) is 5.26 Å². The topological polar surface area (TPSA) is 33.0 Å². The van der Waals surface area contributed by atoms with E-state index >= 15 is 0 Å². The summed E-state index contributed by atoms with van der Waals surface area (Å²) in [5.41, 5.74) is 0.834. The van der Waals surface area contributed by atoms with Crippen molar-refractivity contribution in [3.05, 3.63) is 23.5 Å². The van der Waals surface area contributed by atoms with Crippen LogP contribution in [-0.4, -0.2) is 7.11 Å². The fourth-order valence-corrected chi connectivity index (χ4v) is 0.881. The van der Waals surface area contributed by atoms with Gasteiger partial charge in [0.25, 0.3) is 0 Å². The average Bonchev–Trinajstić information content (AvgIpc) is 2.05. The first-order valence-electron chi connectivity index (χ1n) is 3.20. The zero-order chi connectivity index (χ0) is 7.40. The summed E-state index contributed by atoms with van der Waals surface area (Å²) in [7, 11) is 1.65. The molecule has 0 saturated heterocycles. The summed E-state index contributed by atoms with van der Waals surface area (Å²) >= 11 is 0. The summed E-state index contributed by atoms with van der Waals surface area (Å²) in [6.45, 7) is 0. The Morgan fingerprint density at radius 3 is 2.70 bits per heavy atom. The molecule has 0 amide bonds. The van der Waals surface area contributed by atoms with Gasteiger partial charge in [-0.05, 0) is 18.6 Å². The molecule has 0 aromatic carbocycles. The van der Waals surface area contributed by atoms with E-state index in [2.05, 4.69) is 6.07 Å². The number of nitriles is 1. The molecule has 52 valence electrons. The highest BCUT2D eigenvalue weighted by Gasteiger charge is 2.04. The molecule has 0 aromatic heterocycles. The van der Waals surface area contributed by atoms with Crippen molar-refractivity contribution in [2.45, 2.75) is 12.8 Å². The molecule has 0 bridgehead atoms. The van der Waals surface area contributed by atoms with E-state index in [0.717, 1.165) is 24.2 Å². The van der Waals surface area contributed by atoms with Crippen molar-refractivity contribution >= 4 is 0 Å². The molecule has 2 heteroatoms. The van der Waals surface area contributed by atoms with Crippen molar-refractivity contribution in [1.82, 2.24) is 0 Å². The number of allylic oxidation sites excluding steroid dienone is 4. The molecule has 10 heavy (non-hydrogen) atoms. The Bertz CT molecular complexity index is 220. The molecule has 1 aliphatic carbocycles. The van der Waals surface area contributed by atoms with Gasteiger partial charge < -0.3 is 4.74 Å². The maximum Gasteiger partial charge on any atom is 0.0959 e. The van der Waals surface area contributed by atoms with E-state index in [-0.39, 0.29) is 0 Å².